The average molecular weight is 378 g/mol. The molecule has 0 atom stereocenters. The highest BCUT2D eigenvalue weighted by Crippen LogP contribution is 2.28. The van der Waals surface area contributed by atoms with Crippen molar-refractivity contribution < 1.29 is 4.79 Å². The minimum absolute atomic E-state index is 0.0940. The molecule has 3 aromatic heterocycles. The maximum atomic E-state index is 12.8. The molecule has 1 aliphatic heterocycles. The summed E-state index contributed by atoms with van der Waals surface area (Å²) in [5.74, 6) is 1.10. The van der Waals surface area contributed by atoms with E-state index in [9.17, 15) is 4.79 Å². The van der Waals surface area contributed by atoms with Crippen molar-refractivity contribution in [2.24, 2.45) is 11.3 Å². The van der Waals surface area contributed by atoms with Gasteiger partial charge in [0.15, 0.2) is 0 Å². The quantitative estimate of drug-likeness (QED) is 0.680. The smallest absolute Gasteiger partial charge is 0.230 e. The molecule has 0 saturated carbocycles. The van der Waals surface area contributed by atoms with Crippen LogP contribution in [0.3, 0.4) is 0 Å². The number of rotatable bonds is 6. The summed E-state index contributed by atoms with van der Waals surface area (Å²) in [6, 6.07) is 4.08. The van der Waals surface area contributed by atoms with E-state index in [1.807, 2.05) is 37.2 Å². The Morgan fingerprint density at radius 3 is 3.04 bits per heavy atom. The summed E-state index contributed by atoms with van der Waals surface area (Å²) in [5, 5.41) is 17.3. The minimum atomic E-state index is -0.580. The molecule has 0 aliphatic carbocycles. The topological polar surface area (TPSA) is 116 Å². The van der Waals surface area contributed by atoms with Crippen LogP contribution in [-0.4, -0.2) is 48.6 Å². The Labute approximate surface area is 162 Å². The van der Waals surface area contributed by atoms with Crippen LogP contribution in [0.25, 0.3) is 11.0 Å². The Morgan fingerprint density at radius 2 is 2.25 bits per heavy atom. The molecular formula is C19H22N8O. The van der Waals surface area contributed by atoms with E-state index >= 15 is 0 Å². The van der Waals surface area contributed by atoms with Crippen LogP contribution in [0.4, 0.5) is 11.5 Å². The Hall–Kier alpha value is -3.41. The predicted molar refractivity (Wildman–Crippen MR) is 103 cm³/mol. The minimum Gasteiger partial charge on any atom is -0.346 e. The predicted octanol–water partition coefficient (Wildman–Crippen LogP) is 2.30. The second-order valence-electron chi connectivity index (χ2n) is 7.84. The lowest BCUT2D eigenvalue weighted by Crippen LogP contribution is -2.54. The molecule has 0 bridgehead atoms. The number of carbonyl (C=O) groups is 1. The van der Waals surface area contributed by atoms with Crippen LogP contribution in [0.2, 0.25) is 0 Å². The summed E-state index contributed by atoms with van der Waals surface area (Å²) in [7, 11) is 0. The Morgan fingerprint density at radius 1 is 1.43 bits per heavy atom. The van der Waals surface area contributed by atoms with Crippen LogP contribution < -0.4 is 5.32 Å². The number of amides is 1. The Bertz CT molecular complexity index is 1040. The second kappa shape index (κ2) is 6.96. The number of aromatic nitrogens is 5. The molecule has 3 aromatic rings. The van der Waals surface area contributed by atoms with E-state index in [4.69, 9.17) is 5.26 Å². The van der Waals surface area contributed by atoms with Gasteiger partial charge in [-0.25, -0.2) is 9.97 Å². The molecule has 0 unspecified atom stereocenters. The van der Waals surface area contributed by atoms with Gasteiger partial charge in [-0.1, -0.05) is 0 Å². The molecule has 1 aliphatic rings. The molecule has 144 valence electrons. The third-order valence-electron chi connectivity index (χ3n) is 5.01. The monoisotopic (exact) mass is 378 g/mol. The molecule has 0 spiro atoms. The van der Waals surface area contributed by atoms with E-state index in [1.54, 1.807) is 10.9 Å². The molecular weight excluding hydrogens is 356 g/mol. The Kier molecular flexibility index (Phi) is 4.47. The lowest BCUT2D eigenvalue weighted by molar-refractivity contribution is -0.147. The number of hydrogen-bond donors (Lipinski definition) is 2. The number of likely N-dealkylation sites (tertiary alicyclic amines) is 1. The maximum Gasteiger partial charge on any atom is 0.230 e. The number of anilines is 2. The SMILES string of the molecule is CC(C)(Cn1cc(Nc2ncnc3[nH]ccc23)cn1)C(=O)N1CC(CC#N)C1. The highest BCUT2D eigenvalue weighted by atomic mass is 16.2. The zero-order valence-electron chi connectivity index (χ0n) is 15.9. The van der Waals surface area contributed by atoms with Crippen molar-refractivity contribution in [3.8, 4) is 6.07 Å². The first kappa shape index (κ1) is 18.0. The van der Waals surface area contributed by atoms with Gasteiger partial charge in [-0.3, -0.25) is 9.48 Å². The molecule has 2 N–H and O–H groups in total. The zero-order valence-corrected chi connectivity index (χ0v) is 15.9. The first-order valence-electron chi connectivity index (χ1n) is 9.20. The fourth-order valence-electron chi connectivity index (χ4n) is 3.52. The van der Waals surface area contributed by atoms with Gasteiger partial charge in [0.2, 0.25) is 5.91 Å². The van der Waals surface area contributed by atoms with Crippen molar-refractivity contribution in [3.05, 3.63) is 31.0 Å². The van der Waals surface area contributed by atoms with Crippen molar-refractivity contribution in [1.29, 1.82) is 5.26 Å². The lowest BCUT2D eigenvalue weighted by atomic mass is 9.87. The van der Waals surface area contributed by atoms with Gasteiger partial charge in [0.25, 0.3) is 0 Å². The normalized spacial score (nSPS) is 14.7. The van der Waals surface area contributed by atoms with Crippen LogP contribution in [-0.2, 0) is 11.3 Å². The van der Waals surface area contributed by atoms with Gasteiger partial charge in [-0.15, -0.1) is 0 Å². The summed E-state index contributed by atoms with van der Waals surface area (Å²) in [6.45, 7) is 5.66. The lowest BCUT2D eigenvalue weighted by Gasteiger charge is -2.42. The largest absolute Gasteiger partial charge is 0.346 e. The van der Waals surface area contributed by atoms with Crippen molar-refractivity contribution in [3.63, 3.8) is 0 Å². The van der Waals surface area contributed by atoms with E-state index in [-0.39, 0.29) is 5.91 Å². The van der Waals surface area contributed by atoms with Gasteiger partial charge >= 0.3 is 0 Å². The van der Waals surface area contributed by atoms with Crippen LogP contribution >= 0.6 is 0 Å². The second-order valence-corrected chi connectivity index (χ2v) is 7.84. The molecule has 0 aromatic carbocycles. The maximum absolute atomic E-state index is 12.8. The number of fused-ring (bicyclic) bond motifs is 1. The molecule has 1 fully saturated rings. The van der Waals surface area contributed by atoms with Gasteiger partial charge in [0.1, 0.15) is 17.8 Å². The van der Waals surface area contributed by atoms with Crippen LogP contribution in [0.1, 0.15) is 20.3 Å². The van der Waals surface area contributed by atoms with Crippen LogP contribution in [0, 0.1) is 22.7 Å². The van der Waals surface area contributed by atoms with Gasteiger partial charge in [-0.2, -0.15) is 10.4 Å². The van der Waals surface area contributed by atoms with E-state index in [0.717, 1.165) is 16.7 Å². The molecule has 1 saturated heterocycles. The summed E-state index contributed by atoms with van der Waals surface area (Å²) in [6.07, 6.45) is 7.41. The van der Waals surface area contributed by atoms with E-state index < -0.39 is 5.41 Å². The third kappa shape index (κ3) is 3.41. The first-order valence-corrected chi connectivity index (χ1v) is 9.20. The fourth-order valence-corrected chi connectivity index (χ4v) is 3.52. The van der Waals surface area contributed by atoms with Gasteiger partial charge in [0.05, 0.1) is 35.3 Å². The molecule has 4 heterocycles. The number of carbonyl (C=O) groups excluding carboxylic acids is 1. The van der Waals surface area contributed by atoms with Crippen molar-refractivity contribution in [2.75, 3.05) is 18.4 Å². The third-order valence-corrected chi connectivity index (χ3v) is 5.01. The first-order chi connectivity index (χ1) is 13.5. The Balaban J connectivity index is 1.41. The van der Waals surface area contributed by atoms with Gasteiger partial charge < -0.3 is 15.2 Å². The van der Waals surface area contributed by atoms with E-state index in [2.05, 4.69) is 31.4 Å². The molecule has 4 rings (SSSR count). The molecule has 9 heteroatoms. The highest BCUT2D eigenvalue weighted by molar-refractivity contribution is 5.88. The number of hydrogen-bond acceptors (Lipinski definition) is 6. The summed E-state index contributed by atoms with van der Waals surface area (Å²) >= 11 is 0. The average Bonchev–Trinajstić information content (AvgIpc) is 3.26. The zero-order chi connectivity index (χ0) is 19.7. The molecule has 1 amide bonds. The van der Waals surface area contributed by atoms with Crippen LogP contribution in [0.15, 0.2) is 31.0 Å². The van der Waals surface area contributed by atoms with Crippen LogP contribution in [0.5, 0.6) is 0 Å². The number of nitrogens with one attached hydrogen (secondary N) is 2. The van der Waals surface area contributed by atoms with E-state index in [0.29, 0.717) is 37.8 Å². The molecule has 28 heavy (non-hydrogen) atoms. The fraction of sp³-hybridized carbons (Fsp3) is 0.421. The molecule has 9 nitrogen and oxygen atoms in total. The standard InChI is InChI=1S/C19H22N8O/c1-19(2,18(28)26-8-13(9-26)3-5-20)11-27-10-14(7-24-27)25-17-15-4-6-21-16(15)22-12-23-17/h4,6-7,10,12-13H,3,8-9,11H2,1-2H3,(H2,21,22,23,25). The van der Waals surface area contributed by atoms with Crippen molar-refractivity contribution >= 4 is 28.4 Å². The van der Waals surface area contributed by atoms with Gasteiger partial charge in [0, 0.05) is 37.8 Å². The molecule has 0 radical (unpaired) electrons. The van der Waals surface area contributed by atoms with Crippen molar-refractivity contribution in [1.82, 2.24) is 29.6 Å². The number of aromatic amines is 1. The van der Waals surface area contributed by atoms with E-state index in [1.165, 1.54) is 6.33 Å². The summed E-state index contributed by atoms with van der Waals surface area (Å²) < 4.78 is 1.77. The number of nitrogens with zero attached hydrogens (tertiary/aromatic N) is 6. The van der Waals surface area contributed by atoms with Crippen molar-refractivity contribution in [2.45, 2.75) is 26.8 Å². The highest BCUT2D eigenvalue weighted by Gasteiger charge is 2.38. The number of nitriles is 1. The van der Waals surface area contributed by atoms with Gasteiger partial charge in [-0.05, 0) is 19.9 Å². The summed E-state index contributed by atoms with van der Waals surface area (Å²) in [5.41, 5.74) is 0.979. The number of H-pyrrole nitrogens is 1. The summed E-state index contributed by atoms with van der Waals surface area (Å²) in [4.78, 5) is 26.1.